The fraction of sp³-hybridized carbons (Fsp3) is 0.500. The van der Waals surface area contributed by atoms with Crippen molar-refractivity contribution in [2.75, 3.05) is 19.7 Å². The highest BCUT2D eigenvalue weighted by atomic mass is 16.5. The summed E-state index contributed by atoms with van der Waals surface area (Å²) >= 11 is 0. The first kappa shape index (κ1) is 25.2. The number of rotatable bonds is 13. The molecule has 10 heteroatoms. The summed E-state index contributed by atoms with van der Waals surface area (Å²) < 4.78 is 8.37. The summed E-state index contributed by atoms with van der Waals surface area (Å²) in [5, 5.41) is 2.66. The van der Waals surface area contributed by atoms with E-state index in [1.54, 1.807) is 4.57 Å². The molecule has 2 heterocycles. The third-order valence-electron chi connectivity index (χ3n) is 5.44. The number of hydrogen-bond donors (Lipinski definition) is 3. The van der Waals surface area contributed by atoms with Crippen LogP contribution in [0.25, 0.3) is 11.2 Å². The van der Waals surface area contributed by atoms with Crippen LogP contribution in [0, 0.1) is 0 Å². The van der Waals surface area contributed by atoms with Gasteiger partial charge in [0.2, 0.25) is 0 Å². The van der Waals surface area contributed by atoms with Gasteiger partial charge in [0.15, 0.2) is 12.3 Å². The molecule has 0 bridgehead atoms. The average Bonchev–Trinajstić information content (AvgIpc) is 3.27. The minimum atomic E-state index is -0.305. The van der Waals surface area contributed by atoms with Crippen molar-refractivity contribution in [1.82, 2.24) is 24.4 Å². The number of amides is 1. The van der Waals surface area contributed by atoms with Gasteiger partial charge < -0.3 is 20.8 Å². The molecule has 0 saturated carbocycles. The number of carbonyl (C=O) groups is 1. The Kier molecular flexibility index (Phi) is 9.03. The van der Waals surface area contributed by atoms with E-state index >= 15 is 0 Å². The first-order valence-corrected chi connectivity index (χ1v) is 11.9. The third kappa shape index (κ3) is 6.13. The van der Waals surface area contributed by atoms with Crippen molar-refractivity contribution in [2.45, 2.75) is 59.0 Å². The molecule has 184 valence electrons. The van der Waals surface area contributed by atoms with Crippen LogP contribution in [0.4, 0.5) is 0 Å². The summed E-state index contributed by atoms with van der Waals surface area (Å²) in [7, 11) is 0. The molecule has 0 saturated heterocycles. The van der Waals surface area contributed by atoms with Gasteiger partial charge >= 0.3 is 5.69 Å². The van der Waals surface area contributed by atoms with Gasteiger partial charge in [-0.05, 0) is 43.4 Å². The quantitative estimate of drug-likeness (QED) is 0.345. The van der Waals surface area contributed by atoms with Crippen molar-refractivity contribution in [3.05, 3.63) is 56.5 Å². The van der Waals surface area contributed by atoms with Crippen LogP contribution in [0.5, 0.6) is 5.75 Å². The Morgan fingerprint density at radius 2 is 1.79 bits per heavy atom. The van der Waals surface area contributed by atoms with Gasteiger partial charge in [0, 0.05) is 32.6 Å². The molecule has 34 heavy (non-hydrogen) atoms. The number of nitrogens with zero attached hydrogens (tertiary/aromatic N) is 3. The van der Waals surface area contributed by atoms with Crippen LogP contribution in [0.2, 0.25) is 0 Å². The van der Waals surface area contributed by atoms with Crippen molar-refractivity contribution >= 4 is 17.1 Å². The molecular formula is C24H34N6O4. The highest BCUT2D eigenvalue weighted by Crippen LogP contribution is 2.15. The molecule has 4 N–H and O–H groups in total. The Bertz CT molecular complexity index is 1210. The van der Waals surface area contributed by atoms with Crippen molar-refractivity contribution in [2.24, 2.45) is 5.73 Å². The molecule has 0 spiro atoms. The largest absolute Gasteiger partial charge is 0.484 e. The Hall–Kier alpha value is -3.40. The highest BCUT2D eigenvalue weighted by molar-refractivity contribution is 5.77. The van der Waals surface area contributed by atoms with E-state index < -0.39 is 0 Å². The second-order valence-electron chi connectivity index (χ2n) is 8.20. The number of imidazole rings is 1. The minimum absolute atomic E-state index is 0.0472. The van der Waals surface area contributed by atoms with E-state index in [1.807, 2.05) is 38.1 Å². The van der Waals surface area contributed by atoms with E-state index in [-0.39, 0.29) is 23.8 Å². The van der Waals surface area contributed by atoms with Gasteiger partial charge in [0.05, 0.1) is 0 Å². The van der Waals surface area contributed by atoms with Crippen LogP contribution >= 0.6 is 0 Å². The average molecular weight is 471 g/mol. The number of nitrogens with one attached hydrogen (secondary N) is 2. The van der Waals surface area contributed by atoms with Crippen LogP contribution in [-0.4, -0.2) is 44.7 Å². The maximum absolute atomic E-state index is 12.8. The monoisotopic (exact) mass is 470 g/mol. The summed E-state index contributed by atoms with van der Waals surface area (Å²) in [6.45, 7) is 5.62. The molecule has 0 unspecified atom stereocenters. The van der Waals surface area contributed by atoms with E-state index in [2.05, 4.69) is 15.3 Å². The smallest absolute Gasteiger partial charge is 0.332 e. The summed E-state index contributed by atoms with van der Waals surface area (Å²) in [5.41, 5.74) is 6.72. The molecule has 0 atom stereocenters. The molecule has 0 fully saturated rings. The lowest BCUT2D eigenvalue weighted by Gasteiger charge is -2.09. The Morgan fingerprint density at radius 3 is 2.47 bits per heavy atom. The number of ether oxygens (including phenoxy) is 1. The molecule has 3 rings (SSSR count). The number of carbonyl (C=O) groups excluding carboxylic acids is 1. The normalized spacial score (nSPS) is 11.1. The van der Waals surface area contributed by atoms with Gasteiger partial charge in [-0.1, -0.05) is 26.0 Å². The van der Waals surface area contributed by atoms with E-state index in [4.69, 9.17) is 10.5 Å². The van der Waals surface area contributed by atoms with Crippen molar-refractivity contribution in [3.8, 4) is 5.75 Å². The van der Waals surface area contributed by atoms with Crippen LogP contribution in [0.1, 0.15) is 44.5 Å². The van der Waals surface area contributed by atoms with Crippen LogP contribution < -0.4 is 27.0 Å². The molecule has 1 aromatic carbocycles. The molecule has 0 aliphatic carbocycles. The van der Waals surface area contributed by atoms with Gasteiger partial charge in [0.25, 0.3) is 11.5 Å². The lowest BCUT2D eigenvalue weighted by molar-refractivity contribution is -0.123. The van der Waals surface area contributed by atoms with Crippen LogP contribution in [0.15, 0.2) is 33.9 Å². The van der Waals surface area contributed by atoms with Gasteiger partial charge in [-0.15, -0.1) is 0 Å². The Balaban J connectivity index is 1.63. The van der Waals surface area contributed by atoms with Crippen molar-refractivity contribution < 1.29 is 9.53 Å². The SMILES string of the molecule is CCCn1c(=O)c2[nH]c(CCCc3ccc(OCC(=O)NCCN)cc3)nc2n(CCC)c1=O. The number of H-pyrrole nitrogens is 1. The van der Waals surface area contributed by atoms with E-state index in [0.29, 0.717) is 61.8 Å². The lowest BCUT2D eigenvalue weighted by Crippen LogP contribution is -2.40. The molecule has 10 nitrogen and oxygen atoms in total. The summed E-state index contributed by atoms with van der Waals surface area (Å²) in [5.74, 6) is 1.13. The fourth-order valence-electron chi connectivity index (χ4n) is 3.80. The molecule has 0 aliphatic heterocycles. The molecule has 0 aliphatic rings. The van der Waals surface area contributed by atoms with E-state index in [0.717, 1.165) is 24.8 Å². The Morgan fingerprint density at radius 1 is 1.09 bits per heavy atom. The second kappa shape index (κ2) is 12.2. The van der Waals surface area contributed by atoms with Gasteiger partial charge in [-0.3, -0.25) is 18.7 Å². The molecule has 2 aromatic heterocycles. The van der Waals surface area contributed by atoms with Crippen molar-refractivity contribution in [3.63, 3.8) is 0 Å². The first-order valence-electron chi connectivity index (χ1n) is 11.9. The standard InChI is InChI=1S/C24H34N6O4/c1-3-14-29-22-21(23(32)30(15-4-2)24(29)33)27-19(28-22)7-5-6-17-8-10-18(11-9-17)34-16-20(31)26-13-12-25/h8-11H,3-7,12-16,25H2,1-2H3,(H,26,31)(H,27,28). The van der Waals surface area contributed by atoms with Gasteiger partial charge in [0.1, 0.15) is 17.1 Å². The van der Waals surface area contributed by atoms with Crippen LogP contribution in [0.3, 0.4) is 0 Å². The number of aromatic nitrogens is 4. The predicted octanol–water partition coefficient (Wildman–Crippen LogP) is 1.34. The molecule has 0 radical (unpaired) electrons. The number of aromatic amines is 1. The summed E-state index contributed by atoms with van der Waals surface area (Å²) in [6, 6.07) is 7.61. The highest BCUT2D eigenvalue weighted by Gasteiger charge is 2.16. The topological polar surface area (TPSA) is 137 Å². The third-order valence-corrected chi connectivity index (χ3v) is 5.44. The molecule has 3 aromatic rings. The van der Waals surface area contributed by atoms with E-state index in [1.165, 1.54) is 4.57 Å². The number of nitrogens with two attached hydrogens (primary N) is 1. The predicted molar refractivity (Wildman–Crippen MR) is 131 cm³/mol. The lowest BCUT2D eigenvalue weighted by atomic mass is 10.1. The van der Waals surface area contributed by atoms with Gasteiger partial charge in [-0.2, -0.15) is 0 Å². The fourth-order valence-corrected chi connectivity index (χ4v) is 3.80. The summed E-state index contributed by atoms with van der Waals surface area (Å²) in [6.07, 6.45) is 3.78. The zero-order valence-corrected chi connectivity index (χ0v) is 19.9. The van der Waals surface area contributed by atoms with E-state index in [9.17, 15) is 14.4 Å². The van der Waals surface area contributed by atoms with Gasteiger partial charge in [-0.25, -0.2) is 9.78 Å². The maximum Gasteiger partial charge on any atom is 0.332 e. The maximum atomic E-state index is 12.8. The zero-order chi connectivity index (χ0) is 24.5. The molecule has 1 amide bonds. The first-order chi connectivity index (χ1) is 16.5. The molecular weight excluding hydrogens is 436 g/mol. The number of aryl methyl sites for hydroxylation is 3. The second-order valence-corrected chi connectivity index (χ2v) is 8.20. The van der Waals surface area contributed by atoms with Crippen molar-refractivity contribution in [1.29, 1.82) is 0 Å². The number of fused-ring (bicyclic) bond motifs is 1. The number of hydrogen-bond acceptors (Lipinski definition) is 6. The summed E-state index contributed by atoms with van der Waals surface area (Å²) in [4.78, 5) is 44.9. The minimum Gasteiger partial charge on any atom is -0.484 e. The zero-order valence-electron chi connectivity index (χ0n) is 19.9. The number of benzene rings is 1. The Labute approximate surface area is 198 Å². The van der Waals surface area contributed by atoms with Crippen LogP contribution in [-0.2, 0) is 30.7 Å².